The third kappa shape index (κ3) is 1.52. The van der Waals surface area contributed by atoms with Crippen LogP contribution in [0.4, 0.5) is 0 Å². The Hall–Kier alpha value is -3.14. The molecule has 2 atom stereocenters. The van der Waals surface area contributed by atoms with Gasteiger partial charge in [-0.2, -0.15) is 0 Å². The van der Waals surface area contributed by atoms with Crippen LogP contribution in [-0.2, 0) is 0 Å². The van der Waals surface area contributed by atoms with Gasteiger partial charge in [0.2, 0.25) is 46.0 Å². The van der Waals surface area contributed by atoms with Gasteiger partial charge in [0, 0.05) is 58.3 Å². The average molecular weight is 435 g/mol. The predicted octanol–water partition coefficient (Wildman–Crippen LogP) is 4.28. The van der Waals surface area contributed by atoms with Crippen molar-refractivity contribution >= 4 is 22.8 Å². The van der Waals surface area contributed by atoms with E-state index in [0.717, 1.165) is 6.42 Å². The van der Waals surface area contributed by atoms with Gasteiger partial charge in [0.25, 0.3) is 0 Å². The zero-order valence-corrected chi connectivity index (χ0v) is 20.8. The molecule has 0 aliphatic carbocycles. The van der Waals surface area contributed by atoms with Gasteiger partial charge >= 0.3 is 5.91 Å². The highest BCUT2D eigenvalue weighted by molar-refractivity contribution is 6.18. The molecule has 0 saturated carbocycles. The summed E-state index contributed by atoms with van der Waals surface area (Å²) in [6, 6.07) is 0.272. The quantitative estimate of drug-likeness (QED) is 0.505. The van der Waals surface area contributed by atoms with Crippen LogP contribution >= 0.6 is 0 Å². The average Bonchev–Trinajstić information content (AvgIpc) is 3.40. The molecular formula is C29H30N4+4. The van der Waals surface area contributed by atoms with Crippen molar-refractivity contribution in [2.24, 2.45) is 0 Å². The molecule has 0 aromatic carbocycles. The molecule has 0 fully saturated rings. The lowest BCUT2D eigenvalue weighted by atomic mass is 9.97. The normalized spacial score (nSPS) is 32.7. The van der Waals surface area contributed by atoms with Crippen LogP contribution in [0.1, 0.15) is 61.8 Å². The minimum atomic E-state index is -0.438. The Morgan fingerprint density at radius 1 is 0.606 bits per heavy atom. The van der Waals surface area contributed by atoms with Gasteiger partial charge in [-0.1, -0.05) is 0 Å². The highest BCUT2D eigenvalue weighted by Gasteiger charge is 2.89. The third-order valence-corrected chi connectivity index (χ3v) is 9.97. The zero-order valence-electron chi connectivity index (χ0n) is 20.8. The molecule has 8 heterocycles. The van der Waals surface area contributed by atoms with Gasteiger partial charge in [0.05, 0.1) is 18.2 Å². The Labute approximate surface area is 195 Å². The van der Waals surface area contributed by atoms with Crippen molar-refractivity contribution in [1.29, 1.82) is 0 Å². The van der Waals surface area contributed by atoms with Crippen LogP contribution in [0, 0.1) is 0 Å². The molecule has 162 valence electrons. The highest BCUT2D eigenvalue weighted by Crippen LogP contribution is 2.52. The van der Waals surface area contributed by atoms with E-state index in [-0.39, 0.29) is 6.04 Å². The maximum atomic E-state index is 2.74. The Balaban J connectivity index is 1.64. The van der Waals surface area contributed by atoms with E-state index < -0.39 is 5.91 Å². The molecule has 33 heavy (non-hydrogen) atoms. The van der Waals surface area contributed by atoms with Gasteiger partial charge in [-0.3, -0.25) is 0 Å². The number of hydrogen-bond acceptors (Lipinski definition) is 0. The molecule has 0 bridgehead atoms. The molecule has 0 N–H and O–H groups in total. The standard InChI is InChI=1S/C29H30N4/c1-13-14(2)22-10-24-17(5)18(6)26-12-28-20(8)19(7)27-11-25-16(4)15(3)23-9-21(13)30(22)29(31(23)25,32(24)26)33(27)28/h9-11,21H,12H2,1-8H3/q+4. The first-order chi connectivity index (χ1) is 15.7. The summed E-state index contributed by atoms with van der Waals surface area (Å²) in [6.07, 6.45) is 8.46. The molecule has 8 aliphatic rings. The van der Waals surface area contributed by atoms with Crippen molar-refractivity contribution in [2.75, 3.05) is 0 Å². The SMILES string of the molecule is CC1=C(C)C2=[N+]3C1=CC1C(C)=C(C)C4=[N+]1C31[N+]3=C(CC5=[N+]1C(=C4)C(C)=C5C)C(C)=C(C)C3=C2. The van der Waals surface area contributed by atoms with E-state index in [2.05, 4.69) is 91.9 Å². The fourth-order valence-electron chi connectivity index (χ4n) is 7.64. The van der Waals surface area contributed by atoms with E-state index >= 15 is 0 Å². The molecule has 8 rings (SSSR count). The van der Waals surface area contributed by atoms with Crippen LogP contribution in [-0.4, -0.2) is 53.1 Å². The first-order valence-electron chi connectivity index (χ1n) is 12.2. The number of allylic oxidation sites excluding steroid dienone is 9. The van der Waals surface area contributed by atoms with Gasteiger partial charge in [0.15, 0.2) is 0 Å². The van der Waals surface area contributed by atoms with Crippen molar-refractivity contribution in [3.8, 4) is 0 Å². The second-order valence-electron chi connectivity index (χ2n) is 10.9. The minimum Gasteiger partial charge on any atom is -0.0362 e. The second-order valence-corrected chi connectivity index (χ2v) is 10.9. The Morgan fingerprint density at radius 3 is 1.76 bits per heavy atom. The van der Waals surface area contributed by atoms with Crippen LogP contribution in [0.2, 0.25) is 0 Å². The fraction of sp³-hybridized carbons (Fsp3) is 0.379. The third-order valence-electron chi connectivity index (χ3n) is 9.97. The van der Waals surface area contributed by atoms with Crippen LogP contribution in [0.25, 0.3) is 0 Å². The largest absolute Gasteiger partial charge is 0.765 e. The van der Waals surface area contributed by atoms with Gasteiger partial charge < -0.3 is 0 Å². The monoisotopic (exact) mass is 434 g/mol. The first-order valence-corrected chi connectivity index (χ1v) is 12.2. The lowest BCUT2D eigenvalue weighted by Gasteiger charge is -2.30. The smallest absolute Gasteiger partial charge is 0.0362 e. The van der Waals surface area contributed by atoms with Crippen LogP contribution < -0.4 is 0 Å². The van der Waals surface area contributed by atoms with Crippen LogP contribution in [0.15, 0.2) is 79.9 Å². The number of rotatable bonds is 0. The summed E-state index contributed by atoms with van der Waals surface area (Å²) < 4.78 is 10.8. The Kier molecular flexibility index (Phi) is 2.78. The number of hydrogen-bond donors (Lipinski definition) is 0. The van der Waals surface area contributed by atoms with Crippen LogP contribution in [0.5, 0.6) is 0 Å². The summed E-state index contributed by atoms with van der Waals surface area (Å²) >= 11 is 0. The summed E-state index contributed by atoms with van der Waals surface area (Å²) in [5.74, 6) is -0.438. The molecule has 0 radical (unpaired) electrons. The molecule has 0 aromatic heterocycles. The molecule has 4 heteroatoms. The lowest BCUT2D eigenvalue weighted by molar-refractivity contribution is -1.12. The van der Waals surface area contributed by atoms with Gasteiger partial charge in [-0.25, -0.2) is 0 Å². The maximum absolute atomic E-state index is 2.74. The number of nitrogens with zero attached hydrogens (tertiary/aromatic N) is 4. The molecule has 1 spiro atoms. The van der Waals surface area contributed by atoms with E-state index in [4.69, 9.17) is 0 Å². The molecule has 4 nitrogen and oxygen atoms in total. The van der Waals surface area contributed by atoms with Crippen molar-refractivity contribution in [2.45, 2.75) is 73.8 Å². The highest BCUT2D eigenvalue weighted by atomic mass is 15.6. The van der Waals surface area contributed by atoms with Crippen LogP contribution in [0.3, 0.4) is 0 Å². The van der Waals surface area contributed by atoms with E-state index in [1.165, 1.54) is 84.5 Å². The molecule has 0 aromatic rings. The summed E-state index contributed by atoms with van der Waals surface area (Å²) in [5.41, 5.74) is 21.3. The van der Waals surface area contributed by atoms with E-state index in [1.54, 1.807) is 0 Å². The maximum Gasteiger partial charge on any atom is 0.765 e. The molecule has 0 saturated heterocycles. The van der Waals surface area contributed by atoms with Gasteiger partial charge in [-0.15, -0.1) is 0 Å². The van der Waals surface area contributed by atoms with E-state index in [0.29, 0.717) is 0 Å². The van der Waals surface area contributed by atoms with Crippen molar-refractivity contribution in [1.82, 2.24) is 0 Å². The van der Waals surface area contributed by atoms with Crippen molar-refractivity contribution in [3.63, 3.8) is 0 Å². The second kappa shape index (κ2) is 5.01. The summed E-state index contributed by atoms with van der Waals surface area (Å²) in [6.45, 7) is 18.6. The predicted molar refractivity (Wildman–Crippen MR) is 130 cm³/mol. The van der Waals surface area contributed by atoms with E-state index in [9.17, 15) is 0 Å². The summed E-state index contributed by atoms with van der Waals surface area (Å²) in [7, 11) is 0. The minimum absolute atomic E-state index is 0.272. The lowest BCUT2D eigenvalue weighted by Crippen LogP contribution is -2.74. The van der Waals surface area contributed by atoms with Gasteiger partial charge in [-0.05, 0) is 60.0 Å². The summed E-state index contributed by atoms with van der Waals surface area (Å²) in [4.78, 5) is 0. The van der Waals surface area contributed by atoms with Crippen molar-refractivity contribution < 1.29 is 18.3 Å². The van der Waals surface area contributed by atoms with Crippen molar-refractivity contribution in [3.05, 3.63) is 79.9 Å². The molecular weight excluding hydrogens is 404 g/mol. The summed E-state index contributed by atoms with van der Waals surface area (Å²) in [5, 5.41) is 0. The van der Waals surface area contributed by atoms with E-state index in [1.807, 2.05) is 0 Å². The molecule has 2 unspecified atom stereocenters. The van der Waals surface area contributed by atoms with Gasteiger partial charge in [0.1, 0.15) is 6.42 Å². The molecule has 0 amide bonds. The Morgan fingerprint density at radius 2 is 1.15 bits per heavy atom. The fourth-order valence-corrected chi connectivity index (χ4v) is 7.64. The zero-order chi connectivity index (χ0) is 22.9. The topological polar surface area (TPSA) is 12.0 Å². The molecule has 8 aliphatic heterocycles. The Bertz CT molecular complexity index is 1600. The first kappa shape index (κ1) is 18.3.